The third-order valence-corrected chi connectivity index (χ3v) is 3.62. The van der Waals surface area contributed by atoms with Crippen molar-refractivity contribution in [1.29, 1.82) is 0 Å². The fourth-order valence-electron chi connectivity index (χ4n) is 2.52. The SMILES string of the molecule is Cc1ccccc1C(CN)Oc1cccc2ncccc12. The number of aromatic nitrogens is 1. The molecular weight excluding hydrogens is 260 g/mol. The Balaban J connectivity index is 1.98. The highest BCUT2D eigenvalue weighted by atomic mass is 16.5. The summed E-state index contributed by atoms with van der Waals surface area (Å²) < 4.78 is 6.18. The average Bonchev–Trinajstić information content (AvgIpc) is 2.53. The fraction of sp³-hybridized carbons (Fsp3) is 0.167. The van der Waals surface area contributed by atoms with Crippen LogP contribution < -0.4 is 10.5 Å². The molecule has 0 aliphatic carbocycles. The molecule has 106 valence electrons. The van der Waals surface area contributed by atoms with Gasteiger partial charge in [-0.2, -0.15) is 0 Å². The van der Waals surface area contributed by atoms with Gasteiger partial charge in [0.2, 0.25) is 0 Å². The van der Waals surface area contributed by atoms with Crippen LogP contribution in [0.15, 0.2) is 60.8 Å². The van der Waals surface area contributed by atoms with E-state index < -0.39 is 0 Å². The van der Waals surface area contributed by atoms with Gasteiger partial charge in [-0.15, -0.1) is 0 Å². The van der Waals surface area contributed by atoms with E-state index in [-0.39, 0.29) is 6.10 Å². The zero-order valence-corrected chi connectivity index (χ0v) is 12.0. The second kappa shape index (κ2) is 5.94. The summed E-state index contributed by atoms with van der Waals surface area (Å²) in [6, 6.07) is 18.0. The lowest BCUT2D eigenvalue weighted by molar-refractivity contribution is 0.216. The predicted molar refractivity (Wildman–Crippen MR) is 85.3 cm³/mol. The molecule has 3 heteroatoms. The molecule has 1 unspecified atom stereocenters. The standard InChI is InChI=1S/C18H18N2O/c1-13-6-2-3-7-14(13)18(12-19)21-17-10-4-9-16-15(17)8-5-11-20-16/h2-11,18H,12,19H2,1H3. The van der Waals surface area contributed by atoms with E-state index in [1.807, 2.05) is 42.5 Å². The minimum absolute atomic E-state index is 0.156. The quantitative estimate of drug-likeness (QED) is 0.793. The van der Waals surface area contributed by atoms with Gasteiger partial charge in [-0.1, -0.05) is 30.3 Å². The predicted octanol–water partition coefficient (Wildman–Crippen LogP) is 3.62. The molecule has 0 bridgehead atoms. The van der Waals surface area contributed by atoms with Gasteiger partial charge in [-0.05, 0) is 42.3 Å². The maximum Gasteiger partial charge on any atom is 0.136 e. The average molecular weight is 278 g/mol. The normalized spacial score (nSPS) is 12.3. The van der Waals surface area contributed by atoms with Crippen LogP contribution in [0.4, 0.5) is 0 Å². The number of rotatable bonds is 4. The van der Waals surface area contributed by atoms with Gasteiger partial charge in [-0.3, -0.25) is 4.98 Å². The molecule has 21 heavy (non-hydrogen) atoms. The van der Waals surface area contributed by atoms with Gasteiger partial charge in [0.05, 0.1) is 5.52 Å². The Morgan fingerprint density at radius 1 is 1.05 bits per heavy atom. The van der Waals surface area contributed by atoms with Crippen molar-refractivity contribution in [1.82, 2.24) is 4.98 Å². The Kier molecular flexibility index (Phi) is 3.84. The zero-order chi connectivity index (χ0) is 14.7. The van der Waals surface area contributed by atoms with Crippen LogP contribution in [0.3, 0.4) is 0 Å². The summed E-state index contributed by atoms with van der Waals surface area (Å²) in [7, 11) is 0. The summed E-state index contributed by atoms with van der Waals surface area (Å²) in [5.74, 6) is 0.819. The molecule has 1 aromatic heterocycles. The Bertz CT molecular complexity index is 750. The Labute approximate surface area is 124 Å². The van der Waals surface area contributed by atoms with Gasteiger partial charge >= 0.3 is 0 Å². The molecule has 0 saturated heterocycles. The first-order chi connectivity index (χ1) is 10.3. The number of aryl methyl sites for hydroxylation is 1. The van der Waals surface area contributed by atoms with E-state index in [1.165, 1.54) is 5.56 Å². The molecule has 0 fully saturated rings. The second-order valence-corrected chi connectivity index (χ2v) is 5.03. The van der Waals surface area contributed by atoms with Crippen molar-refractivity contribution in [2.45, 2.75) is 13.0 Å². The van der Waals surface area contributed by atoms with Gasteiger partial charge in [-0.25, -0.2) is 0 Å². The monoisotopic (exact) mass is 278 g/mol. The van der Waals surface area contributed by atoms with Crippen LogP contribution in [0.5, 0.6) is 5.75 Å². The van der Waals surface area contributed by atoms with E-state index in [1.54, 1.807) is 6.20 Å². The van der Waals surface area contributed by atoms with Crippen LogP contribution in [-0.4, -0.2) is 11.5 Å². The summed E-state index contributed by atoms with van der Waals surface area (Å²) in [6.45, 7) is 2.51. The highest BCUT2D eigenvalue weighted by Crippen LogP contribution is 2.29. The molecule has 3 nitrogen and oxygen atoms in total. The number of nitrogens with two attached hydrogens (primary N) is 1. The van der Waals surface area contributed by atoms with Crippen molar-refractivity contribution in [3.8, 4) is 5.75 Å². The molecule has 3 aromatic rings. The van der Waals surface area contributed by atoms with E-state index in [2.05, 4.69) is 24.0 Å². The lowest BCUT2D eigenvalue weighted by Gasteiger charge is -2.20. The summed E-state index contributed by atoms with van der Waals surface area (Å²) in [5, 5.41) is 1.01. The number of benzene rings is 2. The summed E-state index contributed by atoms with van der Waals surface area (Å²) in [4.78, 5) is 4.35. The molecule has 0 aliphatic heterocycles. The Morgan fingerprint density at radius 3 is 2.71 bits per heavy atom. The van der Waals surface area contributed by atoms with Crippen molar-refractivity contribution in [2.24, 2.45) is 5.73 Å². The molecule has 0 aliphatic rings. The molecule has 3 rings (SSSR count). The van der Waals surface area contributed by atoms with Gasteiger partial charge < -0.3 is 10.5 Å². The summed E-state index contributed by atoms with van der Waals surface area (Å²) >= 11 is 0. The van der Waals surface area contributed by atoms with Gasteiger partial charge in [0.25, 0.3) is 0 Å². The highest BCUT2D eigenvalue weighted by molar-refractivity contribution is 5.84. The number of ether oxygens (including phenoxy) is 1. The Morgan fingerprint density at radius 2 is 1.90 bits per heavy atom. The molecule has 2 N–H and O–H groups in total. The van der Waals surface area contributed by atoms with Crippen molar-refractivity contribution in [2.75, 3.05) is 6.54 Å². The van der Waals surface area contributed by atoms with Crippen LogP contribution in [0, 0.1) is 6.92 Å². The van der Waals surface area contributed by atoms with Crippen LogP contribution in [0.25, 0.3) is 10.9 Å². The minimum atomic E-state index is -0.156. The molecule has 1 heterocycles. The molecule has 0 saturated carbocycles. The van der Waals surface area contributed by atoms with E-state index in [0.717, 1.165) is 22.2 Å². The van der Waals surface area contributed by atoms with Crippen LogP contribution in [0.1, 0.15) is 17.2 Å². The molecule has 0 amide bonds. The highest BCUT2D eigenvalue weighted by Gasteiger charge is 2.15. The maximum absolute atomic E-state index is 6.18. The lowest BCUT2D eigenvalue weighted by Crippen LogP contribution is -2.19. The number of pyridine rings is 1. The fourth-order valence-corrected chi connectivity index (χ4v) is 2.52. The first-order valence-electron chi connectivity index (χ1n) is 7.05. The Hall–Kier alpha value is -2.39. The maximum atomic E-state index is 6.18. The van der Waals surface area contributed by atoms with E-state index in [4.69, 9.17) is 10.5 Å². The van der Waals surface area contributed by atoms with Gasteiger partial charge in [0.15, 0.2) is 0 Å². The van der Waals surface area contributed by atoms with E-state index >= 15 is 0 Å². The molecule has 0 spiro atoms. The molecule has 2 aromatic carbocycles. The van der Waals surface area contributed by atoms with Crippen molar-refractivity contribution in [3.05, 3.63) is 71.9 Å². The first kappa shape index (κ1) is 13.6. The lowest BCUT2D eigenvalue weighted by atomic mass is 10.0. The molecule has 1 atom stereocenters. The third kappa shape index (κ3) is 2.73. The van der Waals surface area contributed by atoms with Crippen molar-refractivity contribution in [3.63, 3.8) is 0 Å². The number of fused-ring (bicyclic) bond motifs is 1. The van der Waals surface area contributed by atoms with E-state index in [9.17, 15) is 0 Å². The third-order valence-electron chi connectivity index (χ3n) is 3.62. The van der Waals surface area contributed by atoms with Gasteiger partial charge in [0, 0.05) is 18.1 Å². The number of hydrogen-bond acceptors (Lipinski definition) is 3. The minimum Gasteiger partial charge on any atom is -0.484 e. The van der Waals surface area contributed by atoms with E-state index in [0.29, 0.717) is 6.54 Å². The van der Waals surface area contributed by atoms with Crippen molar-refractivity contribution >= 4 is 10.9 Å². The van der Waals surface area contributed by atoms with Crippen LogP contribution in [0.2, 0.25) is 0 Å². The largest absolute Gasteiger partial charge is 0.484 e. The second-order valence-electron chi connectivity index (χ2n) is 5.03. The molecular formula is C18H18N2O. The topological polar surface area (TPSA) is 48.1 Å². The zero-order valence-electron chi connectivity index (χ0n) is 12.0. The smallest absolute Gasteiger partial charge is 0.136 e. The van der Waals surface area contributed by atoms with Crippen molar-refractivity contribution < 1.29 is 4.74 Å². The summed E-state index contributed by atoms with van der Waals surface area (Å²) in [5.41, 5.74) is 9.16. The van der Waals surface area contributed by atoms with Crippen LogP contribution in [-0.2, 0) is 0 Å². The molecule has 0 radical (unpaired) electrons. The number of hydrogen-bond donors (Lipinski definition) is 1. The summed E-state index contributed by atoms with van der Waals surface area (Å²) in [6.07, 6.45) is 1.63. The first-order valence-corrected chi connectivity index (χ1v) is 7.05. The van der Waals surface area contributed by atoms with Gasteiger partial charge in [0.1, 0.15) is 11.9 Å². The number of nitrogens with zero attached hydrogens (tertiary/aromatic N) is 1. The van der Waals surface area contributed by atoms with Crippen LogP contribution >= 0.6 is 0 Å².